The monoisotopic (exact) mass is 231 g/mol. The molecule has 0 bridgehead atoms. The van der Waals surface area contributed by atoms with Crippen molar-refractivity contribution < 1.29 is 9.15 Å². The predicted molar refractivity (Wildman–Crippen MR) is 67.0 cm³/mol. The van der Waals surface area contributed by atoms with Crippen LogP contribution in [0.15, 0.2) is 47.3 Å². The summed E-state index contributed by atoms with van der Waals surface area (Å²) in [4.78, 5) is 0. The van der Waals surface area contributed by atoms with Crippen LogP contribution in [0.4, 0.5) is 0 Å². The largest absolute Gasteiger partial charge is 0.497 e. The number of rotatable bonds is 5. The van der Waals surface area contributed by atoms with E-state index in [0.29, 0.717) is 6.04 Å². The summed E-state index contributed by atoms with van der Waals surface area (Å²) >= 11 is 0. The first-order chi connectivity index (χ1) is 8.29. The van der Waals surface area contributed by atoms with E-state index >= 15 is 0 Å². The second-order valence-corrected chi connectivity index (χ2v) is 4.01. The van der Waals surface area contributed by atoms with Crippen LogP contribution >= 0.6 is 0 Å². The minimum atomic E-state index is 0.302. The number of ether oxygens (including phenoxy) is 1. The molecule has 1 aromatic carbocycles. The molecule has 0 radical (unpaired) electrons. The van der Waals surface area contributed by atoms with Crippen molar-refractivity contribution in [2.24, 2.45) is 0 Å². The number of benzene rings is 1. The van der Waals surface area contributed by atoms with Crippen molar-refractivity contribution in [3.05, 3.63) is 54.0 Å². The lowest BCUT2D eigenvalue weighted by atomic mass is 10.1. The quantitative estimate of drug-likeness (QED) is 0.858. The number of hydrogen-bond donors (Lipinski definition) is 1. The second kappa shape index (κ2) is 5.55. The highest BCUT2D eigenvalue weighted by Crippen LogP contribution is 2.17. The lowest BCUT2D eigenvalue weighted by Crippen LogP contribution is -2.17. The molecule has 3 heteroatoms. The van der Waals surface area contributed by atoms with Crippen LogP contribution in [-0.2, 0) is 6.54 Å². The molecule has 2 rings (SSSR count). The molecule has 1 aromatic heterocycles. The fourth-order valence-corrected chi connectivity index (χ4v) is 1.67. The maximum Gasteiger partial charge on any atom is 0.118 e. The summed E-state index contributed by atoms with van der Waals surface area (Å²) in [6.07, 6.45) is 3.45. The molecule has 17 heavy (non-hydrogen) atoms. The van der Waals surface area contributed by atoms with Gasteiger partial charge in [-0.3, -0.25) is 0 Å². The minimum absolute atomic E-state index is 0.302. The Labute approximate surface area is 101 Å². The average molecular weight is 231 g/mol. The van der Waals surface area contributed by atoms with E-state index in [1.165, 1.54) is 5.56 Å². The smallest absolute Gasteiger partial charge is 0.118 e. The summed E-state index contributed by atoms with van der Waals surface area (Å²) < 4.78 is 10.2. The molecule has 0 spiro atoms. The van der Waals surface area contributed by atoms with Gasteiger partial charge in [0.15, 0.2) is 0 Å². The van der Waals surface area contributed by atoms with Crippen LogP contribution < -0.4 is 10.1 Å². The van der Waals surface area contributed by atoms with E-state index in [1.54, 1.807) is 19.6 Å². The van der Waals surface area contributed by atoms with Gasteiger partial charge in [-0.2, -0.15) is 0 Å². The summed E-state index contributed by atoms with van der Waals surface area (Å²) in [6, 6.07) is 10.4. The third-order valence-corrected chi connectivity index (χ3v) is 2.81. The Balaban J connectivity index is 1.92. The molecule has 1 heterocycles. The zero-order valence-corrected chi connectivity index (χ0v) is 10.1. The molecule has 1 N–H and O–H groups in total. The minimum Gasteiger partial charge on any atom is -0.497 e. The molecule has 0 aliphatic heterocycles. The van der Waals surface area contributed by atoms with Gasteiger partial charge in [0, 0.05) is 18.2 Å². The van der Waals surface area contributed by atoms with Gasteiger partial charge in [-0.25, -0.2) is 0 Å². The summed E-state index contributed by atoms with van der Waals surface area (Å²) in [5.41, 5.74) is 2.40. The first-order valence-electron chi connectivity index (χ1n) is 5.68. The van der Waals surface area contributed by atoms with E-state index in [4.69, 9.17) is 9.15 Å². The van der Waals surface area contributed by atoms with Crippen LogP contribution in [0.1, 0.15) is 24.1 Å². The summed E-state index contributed by atoms with van der Waals surface area (Å²) in [5, 5.41) is 3.44. The first kappa shape index (κ1) is 11.7. The van der Waals surface area contributed by atoms with Gasteiger partial charge >= 0.3 is 0 Å². The highest BCUT2D eigenvalue weighted by molar-refractivity contribution is 5.28. The van der Waals surface area contributed by atoms with Crippen LogP contribution in [0.2, 0.25) is 0 Å². The standard InChI is InChI=1S/C14H17NO2/c1-11(15-9-12-7-8-17-10-12)13-3-5-14(16-2)6-4-13/h3-8,10-11,15H,9H2,1-2H3/t11-/m1/s1. The fourth-order valence-electron chi connectivity index (χ4n) is 1.67. The maximum absolute atomic E-state index is 5.13. The molecule has 0 unspecified atom stereocenters. The maximum atomic E-state index is 5.13. The Kier molecular flexibility index (Phi) is 3.83. The van der Waals surface area contributed by atoms with Gasteiger partial charge in [0.05, 0.1) is 19.6 Å². The molecule has 90 valence electrons. The lowest BCUT2D eigenvalue weighted by Gasteiger charge is -2.13. The van der Waals surface area contributed by atoms with Gasteiger partial charge in [0.2, 0.25) is 0 Å². The van der Waals surface area contributed by atoms with E-state index in [-0.39, 0.29) is 0 Å². The molecule has 2 aromatic rings. The topological polar surface area (TPSA) is 34.4 Å². The molecule has 0 fully saturated rings. The van der Waals surface area contributed by atoms with Crippen molar-refractivity contribution >= 4 is 0 Å². The Hall–Kier alpha value is -1.74. The SMILES string of the molecule is COc1ccc([C@@H](C)NCc2ccoc2)cc1. The molecule has 0 aliphatic carbocycles. The van der Waals surface area contributed by atoms with Crippen LogP contribution in [-0.4, -0.2) is 7.11 Å². The summed E-state index contributed by atoms with van der Waals surface area (Å²) in [6.45, 7) is 2.95. The zero-order chi connectivity index (χ0) is 12.1. The lowest BCUT2D eigenvalue weighted by molar-refractivity contribution is 0.414. The molecular formula is C14H17NO2. The van der Waals surface area contributed by atoms with E-state index in [2.05, 4.69) is 24.4 Å². The molecule has 0 saturated heterocycles. The summed E-state index contributed by atoms with van der Waals surface area (Å²) in [7, 11) is 1.68. The molecule has 0 saturated carbocycles. The van der Waals surface area contributed by atoms with Crippen molar-refractivity contribution in [1.29, 1.82) is 0 Å². The van der Waals surface area contributed by atoms with Crippen molar-refractivity contribution in [2.45, 2.75) is 19.5 Å². The first-order valence-corrected chi connectivity index (χ1v) is 5.68. The Morgan fingerprint density at radius 2 is 2.00 bits per heavy atom. The van der Waals surface area contributed by atoms with E-state index in [0.717, 1.165) is 17.9 Å². The Morgan fingerprint density at radius 3 is 2.59 bits per heavy atom. The van der Waals surface area contributed by atoms with Crippen molar-refractivity contribution in [2.75, 3.05) is 7.11 Å². The van der Waals surface area contributed by atoms with Crippen molar-refractivity contribution in [3.63, 3.8) is 0 Å². The fraction of sp³-hybridized carbons (Fsp3) is 0.286. The predicted octanol–water partition coefficient (Wildman–Crippen LogP) is 3.14. The highest BCUT2D eigenvalue weighted by atomic mass is 16.5. The number of hydrogen-bond acceptors (Lipinski definition) is 3. The van der Waals surface area contributed by atoms with E-state index in [1.807, 2.05) is 18.2 Å². The van der Waals surface area contributed by atoms with Gasteiger partial charge in [-0.1, -0.05) is 12.1 Å². The van der Waals surface area contributed by atoms with Crippen molar-refractivity contribution in [3.8, 4) is 5.75 Å². The van der Waals surface area contributed by atoms with Crippen LogP contribution in [0, 0.1) is 0 Å². The normalized spacial score (nSPS) is 12.4. The average Bonchev–Trinajstić information content (AvgIpc) is 2.89. The van der Waals surface area contributed by atoms with E-state index in [9.17, 15) is 0 Å². The Morgan fingerprint density at radius 1 is 1.24 bits per heavy atom. The van der Waals surface area contributed by atoms with Crippen LogP contribution in [0.3, 0.4) is 0 Å². The van der Waals surface area contributed by atoms with Crippen LogP contribution in [0.5, 0.6) is 5.75 Å². The molecule has 0 aliphatic rings. The third-order valence-electron chi connectivity index (χ3n) is 2.81. The van der Waals surface area contributed by atoms with Crippen molar-refractivity contribution in [1.82, 2.24) is 5.32 Å². The highest BCUT2D eigenvalue weighted by Gasteiger charge is 2.05. The summed E-state index contributed by atoms with van der Waals surface area (Å²) in [5.74, 6) is 0.885. The van der Waals surface area contributed by atoms with Gasteiger partial charge < -0.3 is 14.5 Å². The Bertz CT molecular complexity index is 434. The zero-order valence-electron chi connectivity index (χ0n) is 10.1. The number of furan rings is 1. The number of methoxy groups -OCH3 is 1. The molecule has 0 amide bonds. The third kappa shape index (κ3) is 3.11. The van der Waals surface area contributed by atoms with Crippen LogP contribution in [0.25, 0.3) is 0 Å². The molecular weight excluding hydrogens is 214 g/mol. The number of nitrogens with one attached hydrogen (secondary N) is 1. The van der Waals surface area contributed by atoms with Gasteiger partial charge in [-0.15, -0.1) is 0 Å². The molecule has 1 atom stereocenters. The molecule has 3 nitrogen and oxygen atoms in total. The van der Waals surface area contributed by atoms with Gasteiger partial charge in [0.25, 0.3) is 0 Å². The van der Waals surface area contributed by atoms with Gasteiger partial charge in [-0.05, 0) is 30.7 Å². The van der Waals surface area contributed by atoms with E-state index < -0.39 is 0 Å². The van der Waals surface area contributed by atoms with Gasteiger partial charge in [0.1, 0.15) is 5.75 Å². The second-order valence-electron chi connectivity index (χ2n) is 4.01.